The highest BCUT2D eigenvalue weighted by molar-refractivity contribution is 5.75. The summed E-state index contributed by atoms with van der Waals surface area (Å²) in [6.07, 6.45) is 0.549. The van der Waals surface area contributed by atoms with E-state index in [-0.39, 0.29) is 17.3 Å². The maximum absolute atomic E-state index is 12.0. The summed E-state index contributed by atoms with van der Waals surface area (Å²) in [5, 5.41) is 0.298. The van der Waals surface area contributed by atoms with Gasteiger partial charge in [0.15, 0.2) is 0 Å². The van der Waals surface area contributed by atoms with E-state index in [9.17, 15) is 9.59 Å². The van der Waals surface area contributed by atoms with Crippen molar-refractivity contribution < 1.29 is 9.15 Å². The molecule has 0 aliphatic rings. The number of aryl methyl sites for hydroxylation is 1. The predicted octanol–water partition coefficient (Wildman–Crippen LogP) is 0.379. The van der Waals surface area contributed by atoms with Gasteiger partial charge < -0.3 is 14.1 Å². The molecule has 20 heavy (non-hydrogen) atoms. The molecule has 2 aromatic rings. The summed E-state index contributed by atoms with van der Waals surface area (Å²) >= 11 is 0. The topological polar surface area (TPSA) is 88.4 Å². The first-order valence-electron chi connectivity index (χ1n) is 6.36. The Morgan fingerprint density at radius 1 is 1.40 bits per heavy atom. The zero-order chi connectivity index (χ0) is 14.7. The Hall–Kier alpha value is -2.15. The maximum Gasteiger partial charge on any atom is 0.337 e. The second kappa shape index (κ2) is 5.87. The minimum Gasteiger partial charge on any atom is -0.463 e. The Kier molecular flexibility index (Phi) is 4.19. The molecule has 0 fully saturated rings. The molecule has 0 aliphatic heterocycles. The van der Waals surface area contributed by atoms with E-state index in [0.29, 0.717) is 30.5 Å². The molecular weight excluding hydrogens is 262 g/mol. The number of aromatic nitrogens is 2. The smallest absolute Gasteiger partial charge is 0.337 e. The molecule has 7 nitrogen and oxygen atoms in total. The van der Waals surface area contributed by atoms with Crippen LogP contribution in [0.4, 0.5) is 0 Å². The highest BCUT2D eigenvalue weighted by Gasteiger charge is 2.12. The molecule has 0 saturated carbocycles. The molecule has 0 radical (unpaired) electrons. The predicted molar refractivity (Wildman–Crippen MR) is 74.3 cm³/mol. The van der Waals surface area contributed by atoms with E-state index in [1.807, 2.05) is 25.9 Å². The lowest BCUT2D eigenvalue weighted by atomic mass is 10.1. The summed E-state index contributed by atoms with van der Waals surface area (Å²) in [6, 6.07) is 1.37. The lowest BCUT2D eigenvalue weighted by Gasteiger charge is -2.10. The number of fused-ring (bicyclic) bond motifs is 1. The van der Waals surface area contributed by atoms with Crippen LogP contribution < -0.4 is 15.9 Å². The van der Waals surface area contributed by atoms with E-state index in [1.165, 1.54) is 6.07 Å². The van der Waals surface area contributed by atoms with Crippen LogP contribution in [0.15, 0.2) is 20.1 Å². The monoisotopic (exact) mass is 279 g/mol. The third-order valence-electron chi connectivity index (χ3n) is 2.83. The Bertz CT molecular complexity index is 718. The van der Waals surface area contributed by atoms with Gasteiger partial charge in [0.05, 0.1) is 0 Å². The molecule has 108 valence electrons. The fourth-order valence-electron chi connectivity index (χ4n) is 1.80. The molecule has 0 amide bonds. The maximum atomic E-state index is 12.0. The van der Waals surface area contributed by atoms with Gasteiger partial charge in [0.1, 0.15) is 12.0 Å². The SMILES string of the molecule is CCc1cc(=O)oc2nc(OCCN(C)C)[nH]c(=O)c12. The summed E-state index contributed by atoms with van der Waals surface area (Å²) in [5.74, 6) is 0. The quantitative estimate of drug-likeness (QED) is 0.851. The molecule has 0 bridgehead atoms. The fourth-order valence-corrected chi connectivity index (χ4v) is 1.80. The van der Waals surface area contributed by atoms with Gasteiger partial charge in [-0.15, -0.1) is 0 Å². The van der Waals surface area contributed by atoms with Crippen molar-refractivity contribution >= 4 is 11.1 Å². The molecule has 0 spiro atoms. The Balaban J connectivity index is 2.42. The van der Waals surface area contributed by atoms with Crippen molar-refractivity contribution in [1.29, 1.82) is 0 Å². The summed E-state index contributed by atoms with van der Waals surface area (Å²) in [5.41, 5.74) is -0.259. The van der Waals surface area contributed by atoms with Crippen molar-refractivity contribution in [2.45, 2.75) is 13.3 Å². The average Bonchev–Trinajstić information content (AvgIpc) is 2.36. The number of H-pyrrole nitrogens is 1. The van der Waals surface area contributed by atoms with E-state index < -0.39 is 5.63 Å². The molecule has 2 aromatic heterocycles. The molecule has 7 heteroatoms. The number of nitrogens with zero attached hydrogens (tertiary/aromatic N) is 2. The first-order chi connectivity index (χ1) is 9.51. The number of likely N-dealkylation sites (N-methyl/N-ethyl adjacent to an activating group) is 1. The van der Waals surface area contributed by atoms with Gasteiger partial charge >= 0.3 is 5.63 Å². The van der Waals surface area contributed by atoms with Gasteiger partial charge in [-0.1, -0.05) is 6.92 Å². The number of nitrogens with one attached hydrogen (secondary N) is 1. The lowest BCUT2D eigenvalue weighted by Crippen LogP contribution is -2.21. The largest absolute Gasteiger partial charge is 0.463 e. The van der Waals surface area contributed by atoms with Gasteiger partial charge in [-0.25, -0.2) is 4.79 Å². The molecule has 0 aliphatic carbocycles. The molecule has 0 saturated heterocycles. The van der Waals surface area contributed by atoms with Crippen LogP contribution in [0.5, 0.6) is 6.01 Å². The third-order valence-corrected chi connectivity index (χ3v) is 2.83. The normalized spacial score (nSPS) is 11.2. The van der Waals surface area contributed by atoms with Crippen LogP contribution in [-0.2, 0) is 6.42 Å². The number of ether oxygens (including phenoxy) is 1. The van der Waals surface area contributed by atoms with Crippen LogP contribution in [0.3, 0.4) is 0 Å². The summed E-state index contributed by atoms with van der Waals surface area (Å²) in [4.78, 5) is 32.0. The minimum absolute atomic E-state index is 0.0120. The zero-order valence-corrected chi connectivity index (χ0v) is 11.7. The summed E-state index contributed by atoms with van der Waals surface area (Å²) < 4.78 is 10.3. The summed E-state index contributed by atoms with van der Waals surface area (Å²) in [7, 11) is 3.82. The molecule has 0 atom stereocenters. The zero-order valence-electron chi connectivity index (χ0n) is 11.7. The molecule has 2 rings (SSSR count). The van der Waals surface area contributed by atoms with Crippen LogP contribution in [0.1, 0.15) is 12.5 Å². The number of aromatic amines is 1. The van der Waals surface area contributed by atoms with E-state index in [4.69, 9.17) is 9.15 Å². The lowest BCUT2D eigenvalue weighted by molar-refractivity contribution is 0.245. The minimum atomic E-state index is -0.522. The van der Waals surface area contributed by atoms with Gasteiger partial charge in [-0.2, -0.15) is 4.98 Å². The fraction of sp³-hybridized carbons (Fsp3) is 0.462. The first kappa shape index (κ1) is 14.3. The molecule has 0 unspecified atom stereocenters. The van der Waals surface area contributed by atoms with Crippen molar-refractivity contribution in [2.24, 2.45) is 0 Å². The Morgan fingerprint density at radius 2 is 2.15 bits per heavy atom. The van der Waals surface area contributed by atoms with Crippen LogP contribution in [0, 0.1) is 0 Å². The van der Waals surface area contributed by atoms with Gasteiger partial charge in [0.25, 0.3) is 11.6 Å². The second-order valence-electron chi connectivity index (χ2n) is 4.65. The van der Waals surface area contributed by atoms with E-state index in [2.05, 4.69) is 9.97 Å². The van der Waals surface area contributed by atoms with Crippen molar-refractivity contribution in [2.75, 3.05) is 27.2 Å². The Labute approximate surface area is 115 Å². The van der Waals surface area contributed by atoms with Crippen molar-refractivity contribution in [3.05, 3.63) is 32.4 Å². The van der Waals surface area contributed by atoms with Crippen LogP contribution in [-0.4, -0.2) is 42.1 Å². The highest BCUT2D eigenvalue weighted by atomic mass is 16.5. The number of hydrogen-bond donors (Lipinski definition) is 1. The van der Waals surface area contributed by atoms with E-state index in [1.54, 1.807) is 0 Å². The van der Waals surface area contributed by atoms with Crippen molar-refractivity contribution in [3.63, 3.8) is 0 Å². The first-order valence-corrected chi connectivity index (χ1v) is 6.36. The van der Waals surface area contributed by atoms with Gasteiger partial charge in [-0.05, 0) is 26.1 Å². The van der Waals surface area contributed by atoms with Gasteiger partial charge in [-0.3, -0.25) is 9.78 Å². The number of hydrogen-bond acceptors (Lipinski definition) is 6. The van der Waals surface area contributed by atoms with Crippen LogP contribution in [0.25, 0.3) is 11.1 Å². The standard InChI is InChI=1S/C13H17N3O4/c1-4-8-7-9(17)20-12-10(8)11(18)14-13(15-12)19-6-5-16(2)3/h7H,4-6H2,1-3H3,(H,14,15,18). The molecular formula is C13H17N3O4. The van der Waals surface area contributed by atoms with Crippen LogP contribution >= 0.6 is 0 Å². The second-order valence-corrected chi connectivity index (χ2v) is 4.65. The Morgan fingerprint density at radius 3 is 2.80 bits per heavy atom. The molecule has 1 N–H and O–H groups in total. The van der Waals surface area contributed by atoms with Crippen molar-refractivity contribution in [3.8, 4) is 6.01 Å². The number of rotatable bonds is 5. The van der Waals surface area contributed by atoms with E-state index in [0.717, 1.165) is 0 Å². The van der Waals surface area contributed by atoms with Crippen LogP contribution in [0.2, 0.25) is 0 Å². The van der Waals surface area contributed by atoms with Gasteiger partial charge in [0, 0.05) is 12.6 Å². The van der Waals surface area contributed by atoms with E-state index >= 15 is 0 Å². The molecule has 2 heterocycles. The average molecular weight is 279 g/mol. The van der Waals surface area contributed by atoms with Crippen molar-refractivity contribution in [1.82, 2.24) is 14.9 Å². The summed E-state index contributed by atoms with van der Waals surface area (Å²) in [6.45, 7) is 2.91. The van der Waals surface area contributed by atoms with Gasteiger partial charge in [0.2, 0.25) is 5.71 Å². The molecule has 0 aromatic carbocycles. The third kappa shape index (κ3) is 3.05. The highest BCUT2D eigenvalue weighted by Crippen LogP contribution is 2.13.